The minimum Gasteiger partial charge on any atom is -0.309 e. The SMILES string of the molecule is CCCNC1CCCc2nc(-c3ncc(Br)cc3Br)sc21. The summed E-state index contributed by atoms with van der Waals surface area (Å²) in [6.07, 6.45) is 6.50. The first-order chi connectivity index (χ1) is 10.2. The lowest BCUT2D eigenvalue weighted by molar-refractivity contribution is 0.465. The molecule has 2 aromatic rings. The molecule has 0 radical (unpaired) electrons. The fourth-order valence-electron chi connectivity index (χ4n) is 2.61. The number of nitrogens with zero attached hydrogens (tertiary/aromatic N) is 2. The van der Waals surface area contributed by atoms with Crippen molar-refractivity contribution in [2.45, 2.75) is 38.6 Å². The number of aromatic nitrogens is 2. The summed E-state index contributed by atoms with van der Waals surface area (Å²) in [5.74, 6) is 0. The van der Waals surface area contributed by atoms with E-state index in [9.17, 15) is 0 Å². The Balaban J connectivity index is 1.94. The van der Waals surface area contributed by atoms with Crippen molar-refractivity contribution in [2.24, 2.45) is 0 Å². The van der Waals surface area contributed by atoms with E-state index in [2.05, 4.69) is 49.1 Å². The first-order valence-corrected chi connectivity index (χ1v) is 9.63. The number of hydrogen-bond acceptors (Lipinski definition) is 4. The molecule has 0 spiro atoms. The van der Waals surface area contributed by atoms with Gasteiger partial charge in [0.15, 0.2) is 0 Å². The third-order valence-electron chi connectivity index (χ3n) is 3.60. The molecule has 1 N–H and O–H groups in total. The Morgan fingerprint density at radius 3 is 3.05 bits per heavy atom. The number of pyridine rings is 1. The molecule has 0 saturated heterocycles. The molecule has 0 saturated carbocycles. The number of thiazole rings is 1. The van der Waals surface area contributed by atoms with E-state index in [4.69, 9.17) is 4.98 Å². The summed E-state index contributed by atoms with van der Waals surface area (Å²) in [6, 6.07) is 2.49. The van der Waals surface area contributed by atoms with Gasteiger partial charge < -0.3 is 5.32 Å². The minimum absolute atomic E-state index is 0.467. The van der Waals surface area contributed by atoms with Crippen LogP contribution in [0.1, 0.15) is 42.8 Å². The lowest BCUT2D eigenvalue weighted by Gasteiger charge is -2.22. The molecule has 3 rings (SSSR count). The van der Waals surface area contributed by atoms with Gasteiger partial charge in [-0.05, 0) is 70.2 Å². The number of aryl methyl sites for hydroxylation is 1. The summed E-state index contributed by atoms with van der Waals surface area (Å²) in [5.41, 5.74) is 2.19. The molecule has 21 heavy (non-hydrogen) atoms. The fraction of sp³-hybridized carbons (Fsp3) is 0.467. The van der Waals surface area contributed by atoms with Crippen LogP contribution in [0.2, 0.25) is 0 Å². The molecule has 3 nitrogen and oxygen atoms in total. The van der Waals surface area contributed by atoms with Gasteiger partial charge in [0, 0.05) is 26.1 Å². The molecule has 112 valence electrons. The molecule has 0 amide bonds. The number of halogens is 2. The van der Waals surface area contributed by atoms with Crippen molar-refractivity contribution >= 4 is 43.2 Å². The third kappa shape index (κ3) is 3.38. The van der Waals surface area contributed by atoms with Crippen molar-refractivity contribution in [2.75, 3.05) is 6.54 Å². The molecule has 0 fully saturated rings. The van der Waals surface area contributed by atoms with Gasteiger partial charge >= 0.3 is 0 Å². The van der Waals surface area contributed by atoms with Gasteiger partial charge in [0.25, 0.3) is 0 Å². The van der Waals surface area contributed by atoms with E-state index in [0.29, 0.717) is 6.04 Å². The normalized spacial score (nSPS) is 17.8. The first-order valence-electron chi connectivity index (χ1n) is 7.23. The number of nitrogens with one attached hydrogen (secondary N) is 1. The Labute approximate surface area is 145 Å². The minimum atomic E-state index is 0.467. The van der Waals surface area contributed by atoms with E-state index in [1.54, 1.807) is 11.3 Å². The maximum Gasteiger partial charge on any atom is 0.143 e. The van der Waals surface area contributed by atoms with Crippen LogP contribution in [0.25, 0.3) is 10.7 Å². The van der Waals surface area contributed by atoms with Gasteiger partial charge in [0.05, 0.1) is 5.69 Å². The zero-order chi connectivity index (χ0) is 14.8. The van der Waals surface area contributed by atoms with E-state index in [0.717, 1.165) is 39.0 Å². The average molecular weight is 431 g/mol. The molecule has 1 atom stereocenters. The first kappa shape index (κ1) is 15.6. The van der Waals surface area contributed by atoms with Crippen LogP contribution in [0.5, 0.6) is 0 Å². The van der Waals surface area contributed by atoms with E-state index in [1.807, 2.05) is 12.3 Å². The van der Waals surface area contributed by atoms with Crippen molar-refractivity contribution in [3.63, 3.8) is 0 Å². The van der Waals surface area contributed by atoms with Gasteiger partial charge in [-0.3, -0.25) is 4.98 Å². The van der Waals surface area contributed by atoms with Crippen molar-refractivity contribution in [1.29, 1.82) is 0 Å². The van der Waals surface area contributed by atoms with Crippen molar-refractivity contribution in [3.8, 4) is 10.7 Å². The molecular formula is C15H17Br2N3S. The molecule has 1 unspecified atom stereocenters. The zero-order valence-corrected chi connectivity index (χ0v) is 15.8. The quantitative estimate of drug-likeness (QED) is 0.732. The van der Waals surface area contributed by atoms with Gasteiger partial charge in [0.1, 0.15) is 10.7 Å². The lowest BCUT2D eigenvalue weighted by atomic mass is 9.98. The van der Waals surface area contributed by atoms with Crippen molar-refractivity contribution < 1.29 is 0 Å². The second-order valence-corrected chi connectivity index (χ2v) is 8.01. The van der Waals surface area contributed by atoms with Gasteiger partial charge in [-0.2, -0.15) is 0 Å². The summed E-state index contributed by atoms with van der Waals surface area (Å²) < 4.78 is 1.96. The van der Waals surface area contributed by atoms with Gasteiger partial charge in [0.2, 0.25) is 0 Å². The summed E-state index contributed by atoms with van der Waals surface area (Å²) >= 11 is 8.82. The average Bonchev–Trinajstić information content (AvgIpc) is 2.89. The van der Waals surface area contributed by atoms with Crippen molar-refractivity contribution in [1.82, 2.24) is 15.3 Å². The zero-order valence-electron chi connectivity index (χ0n) is 11.8. The van der Waals surface area contributed by atoms with E-state index in [-0.39, 0.29) is 0 Å². The third-order valence-corrected chi connectivity index (χ3v) is 5.86. The van der Waals surface area contributed by atoms with Crippen LogP contribution in [-0.2, 0) is 6.42 Å². The van der Waals surface area contributed by atoms with E-state index in [1.165, 1.54) is 23.4 Å². The Kier molecular flexibility index (Phi) is 5.09. The van der Waals surface area contributed by atoms with Crippen LogP contribution in [0, 0.1) is 0 Å². The summed E-state index contributed by atoms with van der Waals surface area (Å²) in [7, 11) is 0. The van der Waals surface area contributed by atoms with Crippen LogP contribution in [0.3, 0.4) is 0 Å². The molecule has 6 heteroatoms. The molecular weight excluding hydrogens is 414 g/mol. The van der Waals surface area contributed by atoms with Crippen molar-refractivity contribution in [3.05, 3.63) is 31.8 Å². The predicted octanol–water partition coefficient (Wildman–Crippen LogP) is 5.11. The van der Waals surface area contributed by atoms with Gasteiger partial charge in [-0.1, -0.05) is 6.92 Å². The maximum absolute atomic E-state index is 4.84. The van der Waals surface area contributed by atoms with E-state index >= 15 is 0 Å². The molecule has 0 aliphatic heterocycles. The number of hydrogen-bond donors (Lipinski definition) is 1. The fourth-order valence-corrected chi connectivity index (χ4v) is 5.15. The Bertz CT molecular complexity index is 642. The second-order valence-electron chi connectivity index (χ2n) is 5.21. The summed E-state index contributed by atoms with van der Waals surface area (Å²) in [4.78, 5) is 10.8. The van der Waals surface area contributed by atoms with E-state index < -0.39 is 0 Å². The second kappa shape index (κ2) is 6.86. The molecule has 1 aliphatic rings. The summed E-state index contributed by atoms with van der Waals surface area (Å²) in [5, 5.41) is 4.66. The van der Waals surface area contributed by atoms with Gasteiger partial charge in [-0.15, -0.1) is 11.3 Å². The maximum atomic E-state index is 4.84. The van der Waals surface area contributed by atoms with Crippen LogP contribution >= 0.6 is 43.2 Å². The van der Waals surface area contributed by atoms with Crippen LogP contribution in [0.4, 0.5) is 0 Å². The highest BCUT2D eigenvalue weighted by atomic mass is 79.9. The van der Waals surface area contributed by atoms with Crippen LogP contribution in [-0.4, -0.2) is 16.5 Å². The molecule has 1 aliphatic carbocycles. The van der Waals surface area contributed by atoms with Crippen LogP contribution in [0.15, 0.2) is 21.2 Å². The molecule has 0 bridgehead atoms. The van der Waals surface area contributed by atoms with Gasteiger partial charge in [-0.25, -0.2) is 4.98 Å². The smallest absolute Gasteiger partial charge is 0.143 e. The number of rotatable bonds is 4. The Hall–Kier alpha value is -0.300. The molecule has 2 aromatic heterocycles. The highest BCUT2D eigenvalue weighted by Crippen LogP contribution is 2.39. The highest BCUT2D eigenvalue weighted by Gasteiger charge is 2.25. The largest absolute Gasteiger partial charge is 0.309 e. The summed E-state index contributed by atoms with van der Waals surface area (Å²) in [6.45, 7) is 3.27. The number of fused-ring (bicyclic) bond motifs is 1. The molecule has 2 heterocycles. The van der Waals surface area contributed by atoms with Crippen LogP contribution < -0.4 is 5.32 Å². The monoisotopic (exact) mass is 429 g/mol. The standard InChI is InChI=1S/C15H17Br2N3S/c1-2-6-18-11-4-3-5-12-14(11)21-15(20-12)13-10(17)7-9(16)8-19-13/h7-8,11,18H,2-6H2,1H3. The predicted molar refractivity (Wildman–Crippen MR) is 94.7 cm³/mol. The lowest BCUT2D eigenvalue weighted by Crippen LogP contribution is -2.24. The molecule has 0 aromatic carbocycles. The Morgan fingerprint density at radius 1 is 1.43 bits per heavy atom. The Morgan fingerprint density at radius 2 is 2.29 bits per heavy atom. The highest BCUT2D eigenvalue weighted by molar-refractivity contribution is 9.11. The topological polar surface area (TPSA) is 37.8 Å².